The Bertz CT molecular complexity index is 376. The summed E-state index contributed by atoms with van der Waals surface area (Å²) in [6.07, 6.45) is 2.40. The van der Waals surface area contributed by atoms with Crippen molar-refractivity contribution in [2.45, 2.75) is 25.2 Å². The third-order valence-corrected chi connectivity index (χ3v) is 3.36. The third-order valence-electron chi connectivity index (χ3n) is 2.64. The van der Waals surface area contributed by atoms with Crippen LogP contribution in [0.3, 0.4) is 0 Å². The zero-order chi connectivity index (χ0) is 10.1. The summed E-state index contributed by atoms with van der Waals surface area (Å²) in [5.74, 6) is -0.140. The van der Waals surface area contributed by atoms with Gasteiger partial charge in [0.15, 0.2) is 0 Å². The van der Waals surface area contributed by atoms with E-state index < -0.39 is 0 Å². The van der Waals surface area contributed by atoms with Gasteiger partial charge in [0.25, 0.3) is 0 Å². The summed E-state index contributed by atoms with van der Waals surface area (Å²) in [6.45, 7) is 0. The van der Waals surface area contributed by atoms with Gasteiger partial charge in [-0.3, -0.25) is 4.79 Å². The van der Waals surface area contributed by atoms with Gasteiger partial charge in [0.1, 0.15) is 11.6 Å². The molecule has 0 radical (unpaired) electrons. The Hall–Kier alpha value is -0.700. The van der Waals surface area contributed by atoms with Gasteiger partial charge in [-0.1, -0.05) is 15.9 Å². The average Bonchev–Trinajstić information content (AvgIpc) is 2.56. The summed E-state index contributed by atoms with van der Waals surface area (Å²) in [6, 6.07) is 4.52. The Kier molecular flexibility index (Phi) is 2.68. The average molecular weight is 257 g/mol. The van der Waals surface area contributed by atoms with Crippen LogP contribution in [0.5, 0.6) is 0 Å². The Balaban J connectivity index is 2.39. The second kappa shape index (κ2) is 3.81. The molecule has 2 rings (SSSR count). The molecule has 1 atom stereocenters. The van der Waals surface area contributed by atoms with Crippen LogP contribution in [0, 0.1) is 5.82 Å². The summed E-state index contributed by atoms with van der Waals surface area (Å²) >= 11 is 3.35. The molecule has 0 N–H and O–H groups in total. The molecule has 1 saturated carbocycles. The van der Waals surface area contributed by atoms with Crippen LogP contribution in [0.25, 0.3) is 0 Å². The maximum Gasteiger partial charge on any atom is 0.140 e. The molecule has 1 aliphatic carbocycles. The van der Waals surface area contributed by atoms with E-state index in [1.54, 1.807) is 6.07 Å². The number of Topliss-reactive ketones (excluding diaryl/α,β-unsaturated/α-hetero) is 1. The van der Waals surface area contributed by atoms with Crippen molar-refractivity contribution in [1.82, 2.24) is 0 Å². The number of halogens is 2. The van der Waals surface area contributed by atoms with Crippen LogP contribution in [0.15, 0.2) is 22.7 Å². The quantitative estimate of drug-likeness (QED) is 0.753. The molecular formula is C11H10BrFO. The summed E-state index contributed by atoms with van der Waals surface area (Å²) in [5, 5.41) is 0. The fourth-order valence-electron chi connectivity index (χ4n) is 1.93. The first-order valence-corrected chi connectivity index (χ1v) is 5.45. The Morgan fingerprint density at radius 1 is 1.43 bits per heavy atom. The lowest BCUT2D eigenvalue weighted by molar-refractivity contribution is -0.118. The topological polar surface area (TPSA) is 17.1 Å². The van der Waals surface area contributed by atoms with E-state index in [9.17, 15) is 9.18 Å². The van der Waals surface area contributed by atoms with Crippen LogP contribution in [-0.2, 0) is 4.79 Å². The summed E-state index contributed by atoms with van der Waals surface area (Å²) < 4.78 is 13.8. The molecular weight excluding hydrogens is 247 g/mol. The highest BCUT2D eigenvalue weighted by Crippen LogP contribution is 2.35. The van der Waals surface area contributed by atoms with Crippen molar-refractivity contribution < 1.29 is 9.18 Å². The van der Waals surface area contributed by atoms with Crippen LogP contribution < -0.4 is 0 Å². The largest absolute Gasteiger partial charge is 0.299 e. The molecule has 0 saturated heterocycles. The second-order valence-corrected chi connectivity index (χ2v) is 4.43. The molecule has 1 nitrogen and oxygen atoms in total. The molecule has 0 aromatic heterocycles. The molecule has 0 spiro atoms. The molecule has 1 aromatic carbocycles. The summed E-state index contributed by atoms with van der Waals surface area (Å²) in [7, 11) is 0. The highest BCUT2D eigenvalue weighted by molar-refractivity contribution is 9.10. The van der Waals surface area contributed by atoms with E-state index in [2.05, 4.69) is 15.9 Å². The van der Waals surface area contributed by atoms with E-state index in [-0.39, 0.29) is 17.5 Å². The maximum atomic E-state index is 13.0. The molecule has 74 valence electrons. The lowest BCUT2D eigenvalue weighted by atomic mass is 9.97. The molecule has 1 aliphatic rings. The molecule has 1 unspecified atom stereocenters. The fraction of sp³-hybridized carbons (Fsp3) is 0.364. The molecule has 0 amide bonds. The molecule has 0 aliphatic heterocycles. The molecule has 1 fully saturated rings. The number of benzene rings is 1. The van der Waals surface area contributed by atoms with E-state index in [1.165, 1.54) is 12.1 Å². The Labute approximate surface area is 90.4 Å². The zero-order valence-corrected chi connectivity index (χ0v) is 9.18. The second-order valence-electron chi connectivity index (χ2n) is 3.58. The SMILES string of the molecule is O=C1CCCC1c1cc(F)ccc1Br. The van der Waals surface area contributed by atoms with Crippen molar-refractivity contribution in [3.8, 4) is 0 Å². The minimum absolute atomic E-state index is 0.0972. The smallest absolute Gasteiger partial charge is 0.140 e. The Morgan fingerprint density at radius 2 is 2.21 bits per heavy atom. The lowest BCUT2D eigenvalue weighted by Crippen LogP contribution is -2.05. The van der Waals surface area contributed by atoms with Crippen molar-refractivity contribution in [1.29, 1.82) is 0 Å². The van der Waals surface area contributed by atoms with E-state index in [4.69, 9.17) is 0 Å². The zero-order valence-electron chi connectivity index (χ0n) is 7.59. The number of ketones is 1. The molecule has 14 heavy (non-hydrogen) atoms. The van der Waals surface area contributed by atoms with Gasteiger partial charge < -0.3 is 0 Å². The molecule has 3 heteroatoms. The van der Waals surface area contributed by atoms with Gasteiger partial charge in [-0.25, -0.2) is 4.39 Å². The van der Waals surface area contributed by atoms with Crippen LogP contribution >= 0.6 is 15.9 Å². The number of hydrogen-bond donors (Lipinski definition) is 0. The highest BCUT2D eigenvalue weighted by Gasteiger charge is 2.27. The lowest BCUT2D eigenvalue weighted by Gasteiger charge is -2.10. The molecule has 0 heterocycles. The minimum atomic E-state index is -0.275. The highest BCUT2D eigenvalue weighted by atomic mass is 79.9. The van der Waals surface area contributed by atoms with Crippen LogP contribution in [0.2, 0.25) is 0 Å². The minimum Gasteiger partial charge on any atom is -0.299 e. The van der Waals surface area contributed by atoms with Crippen molar-refractivity contribution in [3.05, 3.63) is 34.1 Å². The van der Waals surface area contributed by atoms with Gasteiger partial charge in [-0.05, 0) is 36.6 Å². The van der Waals surface area contributed by atoms with Crippen molar-refractivity contribution in [3.63, 3.8) is 0 Å². The van der Waals surface area contributed by atoms with Crippen molar-refractivity contribution >= 4 is 21.7 Å². The predicted molar refractivity (Wildman–Crippen MR) is 55.7 cm³/mol. The van der Waals surface area contributed by atoms with E-state index in [0.29, 0.717) is 6.42 Å². The summed E-state index contributed by atoms with van der Waals surface area (Å²) in [4.78, 5) is 11.5. The summed E-state index contributed by atoms with van der Waals surface area (Å²) in [5.41, 5.74) is 0.799. The van der Waals surface area contributed by atoms with Gasteiger partial charge in [0.2, 0.25) is 0 Å². The van der Waals surface area contributed by atoms with Gasteiger partial charge in [-0.2, -0.15) is 0 Å². The molecule has 0 bridgehead atoms. The number of hydrogen-bond acceptors (Lipinski definition) is 1. The van der Waals surface area contributed by atoms with E-state index in [1.807, 2.05) is 0 Å². The first kappa shape index (κ1) is 9.84. The van der Waals surface area contributed by atoms with Crippen LogP contribution in [-0.4, -0.2) is 5.78 Å². The van der Waals surface area contributed by atoms with Crippen LogP contribution in [0.4, 0.5) is 4.39 Å². The maximum absolute atomic E-state index is 13.0. The standard InChI is InChI=1S/C11H10BrFO/c12-10-5-4-7(13)6-9(10)8-2-1-3-11(8)14/h4-6,8H,1-3H2. The monoisotopic (exact) mass is 256 g/mol. The number of carbonyl (C=O) groups is 1. The van der Waals surface area contributed by atoms with E-state index in [0.717, 1.165) is 22.9 Å². The van der Waals surface area contributed by atoms with Crippen molar-refractivity contribution in [2.75, 3.05) is 0 Å². The van der Waals surface area contributed by atoms with Gasteiger partial charge in [-0.15, -0.1) is 0 Å². The third kappa shape index (κ3) is 1.73. The van der Waals surface area contributed by atoms with Gasteiger partial charge >= 0.3 is 0 Å². The van der Waals surface area contributed by atoms with E-state index >= 15 is 0 Å². The normalized spacial score (nSPS) is 21.6. The molecule has 1 aromatic rings. The Morgan fingerprint density at radius 3 is 2.86 bits per heavy atom. The van der Waals surface area contributed by atoms with Gasteiger partial charge in [0.05, 0.1) is 0 Å². The predicted octanol–water partition coefficient (Wildman–Crippen LogP) is 3.42. The number of rotatable bonds is 1. The van der Waals surface area contributed by atoms with Crippen LogP contribution in [0.1, 0.15) is 30.7 Å². The first-order valence-electron chi connectivity index (χ1n) is 4.66. The fourth-order valence-corrected chi connectivity index (χ4v) is 2.45. The van der Waals surface area contributed by atoms with Gasteiger partial charge in [0, 0.05) is 16.8 Å². The number of carbonyl (C=O) groups excluding carboxylic acids is 1. The first-order chi connectivity index (χ1) is 6.68. The van der Waals surface area contributed by atoms with Crippen molar-refractivity contribution in [2.24, 2.45) is 0 Å².